The minimum Gasteiger partial charge on any atom is -0.461 e. The molecule has 178 valence electrons. The van der Waals surface area contributed by atoms with Crippen molar-refractivity contribution in [3.05, 3.63) is 138 Å². The van der Waals surface area contributed by atoms with Crippen LogP contribution in [-0.4, -0.2) is 24.0 Å². The lowest BCUT2D eigenvalue weighted by Crippen LogP contribution is -2.27. The lowest BCUT2D eigenvalue weighted by molar-refractivity contribution is -0.138. The maximum atomic E-state index is 12.3. The van der Waals surface area contributed by atoms with Crippen molar-refractivity contribution < 1.29 is 9.53 Å². The third-order valence-corrected chi connectivity index (χ3v) is 5.58. The fourth-order valence-corrected chi connectivity index (χ4v) is 3.80. The van der Waals surface area contributed by atoms with Gasteiger partial charge in [0.1, 0.15) is 6.61 Å². The van der Waals surface area contributed by atoms with Gasteiger partial charge in [0, 0.05) is 25.7 Å². The first kappa shape index (κ1) is 26.0. The fourth-order valence-electron chi connectivity index (χ4n) is 3.80. The standard InChI is InChI=1S/C31H29NO2.ClH/c33-31(21-18-26-16-19-30(20-17-26)29-14-8-3-9-15-29)34-23-22-32(24-27-10-4-1-5-11-27)25-28-12-6-2-7-13-28;/h1-21H,22-25H2;1H/b21-18-;. The quantitative estimate of drug-likeness (QED) is 0.179. The van der Waals surface area contributed by atoms with Gasteiger partial charge in [0.2, 0.25) is 0 Å². The monoisotopic (exact) mass is 483 g/mol. The van der Waals surface area contributed by atoms with Crippen LogP contribution < -0.4 is 0 Å². The Morgan fingerprint density at radius 2 is 1.14 bits per heavy atom. The molecule has 0 heterocycles. The molecular formula is C31H30ClNO2. The Labute approximate surface area is 214 Å². The third-order valence-electron chi connectivity index (χ3n) is 5.58. The number of rotatable bonds is 10. The summed E-state index contributed by atoms with van der Waals surface area (Å²) in [5.41, 5.74) is 5.77. The van der Waals surface area contributed by atoms with E-state index < -0.39 is 0 Å². The molecular weight excluding hydrogens is 454 g/mol. The van der Waals surface area contributed by atoms with Crippen LogP contribution in [0, 0.1) is 0 Å². The van der Waals surface area contributed by atoms with Crippen molar-refractivity contribution in [2.45, 2.75) is 13.1 Å². The molecule has 0 saturated carbocycles. The Morgan fingerprint density at radius 3 is 1.69 bits per heavy atom. The molecule has 0 radical (unpaired) electrons. The third kappa shape index (κ3) is 8.56. The number of hydrogen-bond donors (Lipinski definition) is 0. The van der Waals surface area contributed by atoms with Crippen LogP contribution in [0.15, 0.2) is 121 Å². The molecule has 0 atom stereocenters. The highest BCUT2D eigenvalue weighted by Gasteiger charge is 2.08. The largest absolute Gasteiger partial charge is 0.461 e. The first-order chi connectivity index (χ1) is 16.8. The van der Waals surface area contributed by atoms with E-state index in [0.29, 0.717) is 13.2 Å². The van der Waals surface area contributed by atoms with Crippen molar-refractivity contribution in [2.24, 2.45) is 0 Å². The van der Waals surface area contributed by atoms with Gasteiger partial charge >= 0.3 is 5.97 Å². The van der Waals surface area contributed by atoms with Crippen molar-refractivity contribution >= 4 is 24.5 Å². The highest BCUT2D eigenvalue weighted by atomic mass is 35.5. The van der Waals surface area contributed by atoms with Crippen molar-refractivity contribution in [3.63, 3.8) is 0 Å². The first-order valence-corrected chi connectivity index (χ1v) is 11.6. The van der Waals surface area contributed by atoms with E-state index in [-0.39, 0.29) is 18.4 Å². The molecule has 35 heavy (non-hydrogen) atoms. The summed E-state index contributed by atoms with van der Waals surface area (Å²) in [5, 5.41) is 0. The van der Waals surface area contributed by atoms with Crippen LogP contribution in [0.25, 0.3) is 17.2 Å². The number of esters is 1. The lowest BCUT2D eigenvalue weighted by atomic mass is 10.0. The number of nitrogens with zero attached hydrogens (tertiary/aromatic N) is 1. The summed E-state index contributed by atoms with van der Waals surface area (Å²) < 4.78 is 5.50. The lowest BCUT2D eigenvalue weighted by Gasteiger charge is -2.22. The van der Waals surface area contributed by atoms with E-state index in [0.717, 1.165) is 24.2 Å². The van der Waals surface area contributed by atoms with Gasteiger partial charge in [-0.05, 0) is 33.9 Å². The van der Waals surface area contributed by atoms with Gasteiger partial charge in [0.25, 0.3) is 0 Å². The maximum Gasteiger partial charge on any atom is 0.330 e. The molecule has 0 spiro atoms. The van der Waals surface area contributed by atoms with E-state index >= 15 is 0 Å². The van der Waals surface area contributed by atoms with Crippen LogP contribution in [0.1, 0.15) is 16.7 Å². The summed E-state index contributed by atoms with van der Waals surface area (Å²) in [6.07, 6.45) is 3.29. The molecule has 4 aromatic carbocycles. The van der Waals surface area contributed by atoms with Crippen LogP contribution in [0.5, 0.6) is 0 Å². The van der Waals surface area contributed by atoms with Crippen LogP contribution in [0.2, 0.25) is 0 Å². The summed E-state index contributed by atoms with van der Waals surface area (Å²) >= 11 is 0. The van der Waals surface area contributed by atoms with Gasteiger partial charge in [-0.1, -0.05) is 115 Å². The summed E-state index contributed by atoms with van der Waals surface area (Å²) in [6.45, 7) is 2.61. The Bertz CT molecular complexity index is 1140. The number of ether oxygens (including phenoxy) is 1. The van der Waals surface area contributed by atoms with Crippen molar-refractivity contribution in [1.29, 1.82) is 0 Å². The van der Waals surface area contributed by atoms with E-state index in [9.17, 15) is 4.79 Å². The average molecular weight is 484 g/mol. The van der Waals surface area contributed by atoms with Gasteiger partial charge in [0.15, 0.2) is 0 Å². The first-order valence-electron chi connectivity index (χ1n) is 11.6. The molecule has 0 aromatic heterocycles. The summed E-state index contributed by atoms with van der Waals surface area (Å²) in [4.78, 5) is 14.6. The van der Waals surface area contributed by atoms with Gasteiger partial charge in [-0.15, -0.1) is 12.4 Å². The number of halogens is 1. The van der Waals surface area contributed by atoms with E-state index in [4.69, 9.17) is 4.74 Å². The number of carbonyl (C=O) groups excluding carboxylic acids is 1. The van der Waals surface area contributed by atoms with Crippen LogP contribution in [0.3, 0.4) is 0 Å². The second-order valence-electron chi connectivity index (χ2n) is 8.17. The van der Waals surface area contributed by atoms with E-state index in [1.54, 1.807) is 6.08 Å². The molecule has 0 aliphatic heterocycles. The Hall–Kier alpha value is -3.66. The van der Waals surface area contributed by atoms with Crippen LogP contribution in [0.4, 0.5) is 0 Å². The zero-order valence-electron chi connectivity index (χ0n) is 19.6. The zero-order valence-corrected chi connectivity index (χ0v) is 20.4. The molecule has 0 bridgehead atoms. The highest BCUT2D eigenvalue weighted by Crippen LogP contribution is 2.19. The van der Waals surface area contributed by atoms with Crippen molar-refractivity contribution in [3.8, 4) is 11.1 Å². The molecule has 0 aliphatic carbocycles. The summed E-state index contributed by atoms with van der Waals surface area (Å²) in [5.74, 6) is -0.327. The summed E-state index contributed by atoms with van der Waals surface area (Å²) in [6, 6.07) is 39.1. The van der Waals surface area contributed by atoms with Crippen molar-refractivity contribution in [2.75, 3.05) is 13.2 Å². The normalized spacial score (nSPS) is 10.8. The Balaban J connectivity index is 0.00000342. The molecule has 0 amide bonds. The molecule has 4 aromatic rings. The van der Waals surface area contributed by atoms with Crippen molar-refractivity contribution in [1.82, 2.24) is 4.90 Å². The van der Waals surface area contributed by atoms with E-state index in [1.165, 1.54) is 22.8 Å². The number of benzene rings is 4. The van der Waals surface area contributed by atoms with Gasteiger partial charge in [-0.3, -0.25) is 4.90 Å². The predicted octanol–water partition coefficient (Wildman–Crippen LogP) is 7.03. The van der Waals surface area contributed by atoms with Crippen LogP contribution >= 0.6 is 12.4 Å². The van der Waals surface area contributed by atoms with Gasteiger partial charge in [-0.2, -0.15) is 0 Å². The second kappa shape index (κ2) is 13.9. The van der Waals surface area contributed by atoms with Gasteiger partial charge in [0.05, 0.1) is 0 Å². The molecule has 4 heteroatoms. The molecule has 3 nitrogen and oxygen atoms in total. The average Bonchev–Trinajstić information content (AvgIpc) is 2.89. The Morgan fingerprint density at radius 1 is 0.657 bits per heavy atom. The molecule has 4 rings (SSSR count). The molecule has 0 unspecified atom stereocenters. The highest BCUT2D eigenvalue weighted by molar-refractivity contribution is 5.87. The van der Waals surface area contributed by atoms with Crippen LogP contribution in [-0.2, 0) is 22.6 Å². The van der Waals surface area contributed by atoms with Gasteiger partial charge in [-0.25, -0.2) is 4.79 Å². The zero-order chi connectivity index (χ0) is 23.4. The summed E-state index contributed by atoms with van der Waals surface area (Å²) in [7, 11) is 0. The minimum absolute atomic E-state index is 0. The molecule has 0 saturated heterocycles. The topological polar surface area (TPSA) is 29.5 Å². The smallest absolute Gasteiger partial charge is 0.330 e. The SMILES string of the molecule is Cl.O=C(/C=C\c1ccc(-c2ccccc2)cc1)OCCN(Cc1ccccc1)Cc1ccccc1. The number of carbonyl (C=O) groups is 1. The predicted molar refractivity (Wildman–Crippen MR) is 146 cm³/mol. The maximum absolute atomic E-state index is 12.3. The second-order valence-corrected chi connectivity index (χ2v) is 8.17. The fraction of sp³-hybridized carbons (Fsp3) is 0.129. The number of hydrogen-bond acceptors (Lipinski definition) is 3. The van der Waals surface area contributed by atoms with E-state index in [2.05, 4.69) is 53.4 Å². The molecule has 0 fully saturated rings. The molecule has 0 N–H and O–H groups in total. The minimum atomic E-state index is -0.327. The Kier molecular flexibility index (Phi) is 10.3. The molecule has 0 aliphatic rings. The van der Waals surface area contributed by atoms with E-state index in [1.807, 2.05) is 66.7 Å². The van der Waals surface area contributed by atoms with Gasteiger partial charge < -0.3 is 4.74 Å².